The zero-order valence-electron chi connectivity index (χ0n) is 6.48. The molecular formula is C8H13FO. The fourth-order valence-corrected chi connectivity index (χ4v) is 0.942. The molecule has 2 heteroatoms. The second kappa shape index (κ2) is 2.33. The number of carbonyl (C=O) groups excluding carboxylic acids is 1. The van der Waals surface area contributed by atoms with Crippen molar-refractivity contribution in [1.82, 2.24) is 0 Å². The highest BCUT2D eigenvalue weighted by Gasteiger charge is 2.49. The number of rotatable bonds is 3. The van der Waals surface area contributed by atoms with Crippen molar-refractivity contribution < 1.29 is 9.18 Å². The van der Waals surface area contributed by atoms with E-state index in [0.29, 0.717) is 25.2 Å². The van der Waals surface area contributed by atoms with Crippen molar-refractivity contribution in [1.29, 1.82) is 0 Å². The monoisotopic (exact) mass is 144 g/mol. The lowest BCUT2D eigenvalue weighted by Gasteiger charge is -2.05. The van der Waals surface area contributed by atoms with Crippen molar-refractivity contribution >= 4 is 5.78 Å². The molecular weight excluding hydrogens is 131 g/mol. The Morgan fingerprint density at radius 2 is 2.10 bits per heavy atom. The van der Waals surface area contributed by atoms with E-state index in [1.807, 2.05) is 13.8 Å². The second-order valence-corrected chi connectivity index (χ2v) is 3.49. The Bertz CT molecular complexity index is 147. The van der Waals surface area contributed by atoms with Gasteiger partial charge in [0.25, 0.3) is 0 Å². The molecule has 0 unspecified atom stereocenters. The molecule has 0 spiro atoms. The van der Waals surface area contributed by atoms with E-state index in [0.717, 1.165) is 0 Å². The van der Waals surface area contributed by atoms with Crippen LogP contribution in [0.2, 0.25) is 0 Å². The first kappa shape index (κ1) is 7.70. The smallest absolute Gasteiger partial charge is 0.170 e. The van der Waals surface area contributed by atoms with E-state index in [1.165, 1.54) is 0 Å². The van der Waals surface area contributed by atoms with Crippen LogP contribution in [-0.2, 0) is 4.79 Å². The number of carbonyl (C=O) groups is 1. The van der Waals surface area contributed by atoms with Gasteiger partial charge in [-0.15, -0.1) is 0 Å². The Balaban J connectivity index is 2.35. The molecule has 0 radical (unpaired) electrons. The number of alkyl halides is 1. The third-order valence-corrected chi connectivity index (χ3v) is 1.78. The summed E-state index contributed by atoms with van der Waals surface area (Å²) in [7, 11) is 0. The molecule has 58 valence electrons. The average molecular weight is 144 g/mol. The second-order valence-electron chi connectivity index (χ2n) is 3.49. The van der Waals surface area contributed by atoms with Crippen molar-refractivity contribution in [2.75, 3.05) is 0 Å². The SMILES string of the molecule is CC(C)CC(=O)C1(F)CC1. The van der Waals surface area contributed by atoms with Gasteiger partial charge in [0.15, 0.2) is 11.5 Å². The van der Waals surface area contributed by atoms with Crippen molar-refractivity contribution in [2.45, 2.75) is 38.8 Å². The van der Waals surface area contributed by atoms with E-state index in [4.69, 9.17) is 0 Å². The van der Waals surface area contributed by atoms with Gasteiger partial charge in [-0.25, -0.2) is 4.39 Å². The summed E-state index contributed by atoms with van der Waals surface area (Å²) < 4.78 is 12.9. The predicted octanol–water partition coefficient (Wildman–Crippen LogP) is 2.10. The van der Waals surface area contributed by atoms with Gasteiger partial charge in [0.2, 0.25) is 0 Å². The average Bonchev–Trinajstić information content (AvgIpc) is 2.47. The van der Waals surface area contributed by atoms with Crippen LogP contribution < -0.4 is 0 Å². The van der Waals surface area contributed by atoms with Gasteiger partial charge in [-0.1, -0.05) is 13.8 Å². The normalized spacial score (nSPS) is 21.2. The third-order valence-electron chi connectivity index (χ3n) is 1.78. The molecule has 1 aliphatic rings. The maximum absolute atomic E-state index is 12.9. The molecule has 10 heavy (non-hydrogen) atoms. The van der Waals surface area contributed by atoms with Gasteiger partial charge in [0.1, 0.15) is 0 Å². The van der Waals surface area contributed by atoms with E-state index < -0.39 is 5.67 Å². The molecule has 0 aliphatic heterocycles. The highest BCUT2D eigenvalue weighted by Crippen LogP contribution is 2.41. The van der Waals surface area contributed by atoms with Crippen LogP contribution in [0.1, 0.15) is 33.1 Å². The van der Waals surface area contributed by atoms with Gasteiger partial charge in [-0.05, 0) is 18.8 Å². The summed E-state index contributed by atoms with van der Waals surface area (Å²) in [5, 5.41) is 0. The topological polar surface area (TPSA) is 17.1 Å². The molecule has 0 aromatic rings. The first-order valence-electron chi connectivity index (χ1n) is 3.77. The lowest BCUT2D eigenvalue weighted by molar-refractivity contribution is -0.125. The molecule has 0 N–H and O–H groups in total. The van der Waals surface area contributed by atoms with E-state index >= 15 is 0 Å². The zero-order chi connectivity index (χ0) is 7.78. The third kappa shape index (κ3) is 1.55. The van der Waals surface area contributed by atoms with Crippen LogP contribution in [0.25, 0.3) is 0 Å². The quantitative estimate of drug-likeness (QED) is 0.592. The molecule has 1 rings (SSSR count). The van der Waals surface area contributed by atoms with Crippen LogP contribution in [0.4, 0.5) is 4.39 Å². The minimum Gasteiger partial charge on any atom is -0.296 e. The predicted molar refractivity (Wildman–Crippen MR) is 37.5 cm³/mol. The molecule has 1 nitrogen and oxygen atoms in total. The first-order valence-corrected chi connectivity index (χ1v) is 3.77. The summed E-state index contributed by atoms with van der Waals surface area (Å²) in [6.45, 7) is 3.87. The fourth-order valence-electron chi connectivity index (χ4n) is 0.942. The van der Waals surface area contributed by atoms with Gasteiger partial charge >= 0.3 is 0 Å². The highest BCUT2D eigenvalue weighted by molar-refractivity contribution is 5.90. The zero-order valence-corrected chi connectivity index (χ0v) is 6.48. The Hall–Kier alpha value is -0.400. The Morgan fingerprint density at radius 3 is 2.40 bits per heavy atom. The molecule has 0 atom stereocenters. The van der Waals surface area contributed by atoms with Gasteiger partial charge in [0.05, 0.1) is 0 Å². The van der Waals surface area contributed by atoms with Crippen LogP contribution in [0.3, 0.4) is 0 Å². The number of hydrogen-bond donors (Lipinski definition) is 0. The van der Waals surface area contributed by atoms with Gasteiger partial charge in [0, 0.05) is 6.42 Å². The number of Topliss-reactive ketones (excluding diaryl/α,β-unsaturated/α-hetero) is 1. The van der Waals surface area contributed by atoms with Crippen LogP contribution in [0, 0.1) is 5.92 Å². The number of hydrogen-bond acceptors (Lipinski definition) is 1. The molecule has 0 aromatic carbocycles. The molecule has 0 amide bonds. The molecule has 1 fully saturated rings. The summed E-state index contributed by atoms with van der Waals surface area (Å²) in [5.41, 5.74) is -1.40. The van der Waals surface area contributed by atoms with E-state index in [2.05, 4.69) is 0 Å². The molecule has 0 heterocycles. The first-order chi connectivity index (χ1) is 4.54. The fraction of sp³-hybridized carbons (Fsp3) is 0.875. The van der Waals surface area contributed by atoms with Gasteiger partial charge in [-0.2, -0.15) is 0 Å². The maximum atomic E-state index is 12.9. The summed E-state index contributed by atoms with van der Waals surface area (Å²) in [6.07, 6.45) is 1.31. The van der Waals surface area contributed by atoms with Crippen molar-refractivity contribution in [3.63, 3.8) is 0 Å². The largest absolute Gasteiger partial charge is 0.296 e. The van der Waals surface area contributed by atoms with Gasteiger partial charge in [-0.3, -0.25) is 4.79 Å². The van der Waals surface area contributed by atoms with Crippen LogP contribution in [0.15, 0.2) is 0 Å². The summed E-state index contributed by atoms with van der Waals surface area (Å²) >= 11 is 0. The number of halogens is 1. The molecule has 1 aliphatic carbocycles. The summed E-state index contributed by atoms with van der Waals surface area (Å²) in [4.78, 5) is 11.0. The lowest BCUT2D eigenvalue weighted by atomic mass is 10.0. The minimum atomic E-state index is -1.40. The van der Waals surface area contributed by atoms with Crippen LogP contribution in [-0.4, -0.2) is 11.5 Å². The molecule has 0 bridgehead atoms. The minimum absolute atomic E-state index is 0.192. The molecule has 0 saturated heterocycles. The van der Waals surface area contributed by atoms with Crippen molar-refractivity contribution in [3.05, 3.63) is 0 Å². The standard InChI is InChI=1S/C8H13FO/c1-6(2)5-7(10)8(9)3-4-8/h6H,3-5H2,1-2H3. The lowest BCUT2D eigenvalue weighted by Crippen LogP contribution is -2.18. The van der Waals surface area contributed by atoms with Crippen LogP contribution in [0.5, 0.6) is 0 Å². The van der Waals surface area contributed by atoms with E-state index in [-0.39, 0.29) is 5.78 Å². The Kier molecular flexibility index (Phi) is 1.80. The highest BCUT2D eigenvalue weighted by atomic mass is 19.1. The van der Waals surface area contributed by atoms with Gasteiger partial charge < -0.3 is 0 Å². The van der Waals surface area contributed by atoms with E-state index in [1.54, 1.807) is 0 Å². The number of ketones is 1. The maximum Gasteiger partial charge on any atom is 0.170 e. The molecule has 1 saturated carbocycles. The summed E-state index contributed by atoms with van der Waals surface area (Å²) in [5.74, 6) is 0.100. The van der Waals surface area contributed by atoms with Crippen molar-refractivity contribution in [3.8, 4) is 0 Å². The summed E-state index contributed by atoms with van der Waals surface area (Å²) in [6, 6.07) is 0. The molecule has 0 aromatic heterocycles. The Labute approximate surface area is 60.6 Å². The van der Waals surface area contributed by atoms with Crippen molar-refractivity contribution in [2.24, 2.45) is 5.92 Å². The van der Waals surface area contributed by atoms with Crippen LogP contribution >= 0.6 is 0 Å². The Morgan fingerprint density at radius 1 is 1.60 bits per heavy atom. The van der Waals surface area contributed by atoms with E-state index in [9.17, 15) is 9.18 Å².